The summed E-state index contributed by atoms with van der Waals surface area (Å²) in [7, 11) is 1.61. The van der Waals surface area contributed by atoms with Gasteiger partial charge in [0.1, 0.15) is 25.0 Å². The van der Waals surface area contributed by atoms with E-state index in [9.17, 15) is 4.79 Å². The Morgan fingerprint density at radius 2 is 1.82 bits per heavy atom. The Morgan fingerprint density at radius 3 is 2.51 bits per heavy atom. The van der Waals surface area contributed by atoms with Crippen LogP contribution in [0.25, 0.3) is 0 Å². The van der Waals surface area contributed by atoms with E-state index in [2.05, 4.69) is 67.0 Å². The highest BCUT2D eigenvalue weighted by atomic mass is 16.5. The first-order valence-electron chi connectivity index (χ1n) is 13.7. The van der Waals surface area contributed by atoms with Crippen LogP contribution in [0, 0.1) is 5.92 Å². The Balaban J connectivity index is 1.39. The molecule has 1 saturated carbocycles. The molecule has 0 amide bonds. The number of hydrogen-bond donors (Lipinski definition) is 1. The molecule has 2 aliphatic rings. The molecular weight excluding hydrogens is 492 g/mol. The van der Waals surface area contributed by atoms with Gasteiger partial charge in [-0.3, -0.25) is 4.79 Å². The summed E-state index contributed by atoms with van der Waals surface area (Å²) in [5, 5.41) is 7.57. The molecule has 1 aliphatic carbocycles. The number of hydrogen-bond acceptors (Lipinski definition) is 7. The lowest BCUT2D eigenvalue weighted by molar-refractivity contribution is -0.155. The van der Waals surface area contributed by atoms with Crippen LogP contribution in [0.4, 0.5) is 5.95 Å². The molecule has 5 rings (SSSR count). The van der Waals surface area contributed by atoms with Crippen LogP contribution < -0.4 is 14.8 Å². The molecule has 8 nitrogen and oxygen atoms in total. The van der Waals surface area contributed by atoms with E-state index in [1.165, 1.54) is 18.3 Å². The Bertz CT molecular complexity index is 1320. The van der Waals surface area contributed by atoms with E-state index >= 15 is 0 Å². The lowest BCUT2D eigenvalue weighted by atomic mass is 9.87. The Kier molecular flexibility index (Phi) is 7.64. The van der Waals surface area contributed by atoms with Crippen LogP contribution in [0.1, 0.15) is 75.6 Å². The summed E-state index contributed by atoms with van der Waals surface area (Å²) >= 11 is 0. The fraction of sp³-hybridized carbons (Fsp3) is 0.452. The van der Waals surface area contributed by atoms with Gasteiger partial charge in [-0.05, 0) is 59.9 Å². The third kappa shape index (κ3) is 5.79. The van der Waals surface area contributed by atoms with Crippen LogP contribution in [0.15, 0.2) is 61.1 Å². The zero-order chi connectivity index (χ0) is 27.6. The van der Waals surface area contributed by atoms with Gasteiger partial charge in [0.2, 0.25) is 5.95 Å². The van der Waals surface area contributed by atoms with E-state index in [4.69, 9.17) is 14.2 Å². The SMILES string of the molecule is C=C1Nc2ncnn2C(c2ccc(OCc3ccc(C(C)(C)C)cc3)c(OC)c2)C1C(=O)OC1CCCCC1. The lowest BCUT2D eigenvalue weighted by Gasteiger charge is -2.34. The van der Waals surface area contributed by atoms with Gasteiger partial charge in [0.25, 0.3) is 0 Å². The number of rotatable bonds is 7. The highest BCUT2D eigenvalue weighted by Gasteiger charge is 2.41. The van der Waals surface area contributed by atoms with Gasteiger partial charge in [-0.15, -0.1) is 0 Å². The van der Waals surface area contributed by atoms with Crippen LogP contribution in [0.2, 0.25) is 0 Å². The van der Waals surface area contributed by atoms with Gasteiger partial charge in [-0.2, -0.15) is 10.1 Å². The molecule has 0 bridgehead atoms. The molecule has 2 unspecified atom stereocenters. The van der Waals surface area contributed by atoms with Crippen molar-refractivity contribution in [3.8, 4) is 11.5 Å². The highest BCUT2D eigenvalue weighted by molar-refractivity contribution is 5.79. The highest BCUT2D eigenvalue weighted by Crippen LogP contribution is 2.41. The van der Waals surface area contributed by atoms with Crippen molar-refractivity contribution in [2.24, 2.45) is 5.92 Å². The van der Waals surface area contributed by atoms with E-state index in [0.29, 0.717) is 29.8 Å². The van der Waals surface area contributed by atoms with Crippen LogP contribution in [0.3, 0.4) is 0 Å². The molecule has 1 N–H and O–H groups in total. The maximum Gasteiger partial charge on any atom is 0.317 e. The van der Waals surface area contributed by atoms with E-state index < -0.39 is 12.0 Å². The third-order valence-electron chi connectivity index (χ3n) is 7.63. The molecular formula is C31H38N4O4. The average molecular weight is 531 g/mol. The second kappa shape index (κ2) is 11.1. The number of benzene rings is 2. The lowest BCUT2D eigenvalue weighted by Crippen LogP contribution is -2.39. The molecule has 0 saturated heterocycles. The maximum atomic E-state index is 13.5. The van der Waals surface area contributed by atoms with Gasteiger partial charge in [0, 0.05) is 5.70 Å². The number of fused-ring (bicyclic) bond motifs is 1. The molecule has 2 atom stereocenters. The predicted octanol–water partition coefficient (Wildman–Crippen LogP) is 6.18. The molecule has 1 aliphatic heterocycles. The first-order chi connectivity index (χ1) is 18.7. The third-order valence-corrected chi connectivity index (χ3v) is 7.63. The average Bonchev–Trinajstić information content (AvgIpc) is 3.39. The van der Waals surface area contributed by atoms with Crippen LogP contribution in [-0.2, 0) is 21.6 Å². The predicted molar refractivity (Wildman–Crippen MR) is 150 cm³/mol. The molecule has 1 aromatic heterocycles. The molecule has 0 spiro atoms. The first-order valence-corrected chi connectivity index (χ1v) is 13.7. The summed E-state index contributed by atoms with van der Waals surface area (Å²) < 4.78 is 19.6. The van der Waals surface area contributed by atoms with Crippen molar-refractivity contribution in [2.45, 2.75) is 77.0 Å². The maximum absolute atomic E-state index is 13.5. The number of ether oxygens (including phenoxy) is 3. The smallest absolute Gasteiger partial charge is 0.317 e. The number of methoxy groups -OCH3 is 1. The molecule has 3 aromatic rings. The minimum absolute atomic E-state index is 0.0559. The van der Waals surface area contributed by atoms with Gasteiger partial charge < -0.3 is 19.5 Å². The summed E-state index contributed by atoms with van der Waals surface area (Å²) in [5.74, 6) is 0.755. The monoisotopic (exact) mass is 530 g/mol. The van der Waals surface area contributed by atoms with Crippen LogP contribution in [-0.4, -0.2) is 33.9 Å². The van der Waals surface area contributed by atoms with Gasteiger partial charge >= 0.3 is 5.97 Å². The normalized spacial score (nSPS) is 19.6. The second-order valence-corrected chi connectivity index (χ2v) is 11.4. The van der Waals surface area contributed by atoms with Crippen molar-refractivity contribution in [3.05, 3.63) is 77.8 Å². The number of anilines is 1. The first kappa shape index (κ1) is 26.8. The molecule has 8 heteroatoms. The largest absolute Gasteiger partial charge is 0.493 e. The number of nitrogens with one attached hydrogen (secondary N) is 1. The van der Waals surface area contributed by atoms with Gasteiger partial charge in [-0.1, -0.05) is 64.1 Å². The van der Waals surface area contributed by atoms with E-state index in [-0.39, 0.29) is 17.5 Å². The standard InChI is InChI=1S/C31H38N4O4/c1-20-27(29(36)39-24-9-7-6-8-10-24)28(35-30(34-20)32-19-33-35)22-13-16-25(26(17-22)37-5)38-18-21-11-14-23(15-12-21)31(2,3)4/h11-17,19,24,27-28H,1,6-10,18H2,2-5H3,(H,32,33,34). The van der Waals surface area contributed by atoms with Crippen molar-refractivity contribution >= 4 is 11.9 Å². The molecule has 39 heavy (non-hydrogen) atoms. The number of esters is 1. The Labute approximate surface area is 230 Å². The zero-order valence-corrected chi connectivity index (χ0v) is 23.3. The zero-order valence-electron chi connectivity index (χ0n) is 23.3. The number of aromatic nitrogens is 3. The van der Waals surface area contributed by atoms with E-state index in [1.54, 1.807) is 11.8 Å². The Hall–Kier alpha value is -3.81. The minimum atomic E-state index is -0.668. The molecule has 206 valence electrons. The van der Waals surface area contributed by atoms with Crippen molar-refractivity contribution in [2.75, 3.05) is 12.4 Å². The summed E-state index contributed by atoms with van der Waals surface area (Å²) in [6.45, 7) is 11.2. The summed E-state index contributed by atoms with van der Waals surface area (Å²) in [5.41, 5.74) is 3.82. The summed E-state index contributed by atoms with van der Waals surface area (Å²) in [6, 6.07) is 13.7. The van der Waals surface area contributed by atoms with E-state index in [1.807, 2.05) is 18.2 Å². The number of carbonyl (C=O) groups excluding carboxylic acids is 1. The van der Waals surface area contributed by atoms with Gasteiger partial charge in [-0.25, -0.2) is 4.68 Å². The topological polar surface area (TPSA) is 87.5 Å². The quantitative estimate of drug-likeness (QED) is 0.365. The fourth-order valence-electron chi connectivity index (χ4n) is 5.37. The molecule has 1 fully saturated rings. The molecule has 2 heterocycles. The summed E-state index contributed by atoms with van der Waals surface area (Å²) in [6.07, 6.45) is 6.56. The fourth-order valence-corrected chi connectivity index (χ4v) is 5.37. The summed E-state index contributed by atoms with van der Waals surface area (Å²) in [4.78, 5) is 17.8. The molecule has 0 radical (unpaired) electrons. The van der Waals surface area contributed by atoms with E-state index in [0.717, 1.165) is 36.8 Å². The van der Waals surface area contributed by atoms with Crippen molar-refractivity contribution < 1.29 is 19.0 Å². The van der Waals surface area contributed by atoms with Crippen molar-refractivity contribution in [1.82, 2.24) is 14.8 Å². The van der Waals surface area contributed by atoms with Crippen molar-refractivity contribution in [3.63, 3.8) is 0 Å². The number of carbonyl (C=O) groups is 1. The van der Waals surface area contributed by atoms with Crippen LogP contribution >= 0.6 is 0 Å². The van der Waals surface area contributed by atoms with Gasteiger partial charge in [0.15, 0.2) is 11.5 Å². The minimum Gasteiger partial charge on any atom is -0.493 e. The number of nitrogens with zero attached hydrogens (tertiary/aromatic N) is 3. The second-order valence-electron chi connectivity index (χ2n) is 11.4. The molecule has 2 aromatic carbocycles. The van der Waals surface area contributed by atoms with Gasteiger partial charge in [0.05, 0.1) is 13.2 Å². The Morgan fingerprint density at radius 1 is 1.08 bits per heavy atom. The van der Waals surface area contributed by atoms with Crippen molar-refractivity contribution in [1.29, 1.82) is 0 Å². The van der Waals surface area contributed by atoms with Crippen LogP contribution in [0.5, 0.6) is 11.5 Å².